The number of amides is 1. The average Bonchev–Trinajstić information content (AvgIpc) is 2.75. The standard InChI is InChI=1S/C9H10N6OS/c1-5-4-11-9(17-5)12-8(16)6-2-3-7(13-10)15-14-6/h2-4H,10H2,1H3,(H,13,15)(H,11,12,16). The lowest BCUT2D eigenvalue weighted by molar-refractivity contribution is 0.102. The highest BCUT2D eigenvalue weighted by atomic mass is 32.1. The predicted molar refractivity (Wildman–Crippen MR) is 64.6 cm³/mol. The van der Waals surface area contributed by atoms with E-state index in [0.717, 1.165) is 4.88 Å². The van der Waals surface area contributed by atoms with Crippen molar-refractivity contribution in [1.29, 1.82) is 0 Å². The largest absolute Gasteiger partial charge is 0.307 e. The van der Waals surface area contributed by atoms with Gasteiger partial charge < -0.3 is 5.43 Å². The van der Waals surface area contributed by atoms with Gasteiger partial charge in [-0.25, -0.2) is 10.8 Å². The SMILES string of the molecule is Cc1cnc(NC(=O)c2ccc(NN)nn2)s1. The minimum atomic E-state index is -0.351. The molecular weight excluding hydrogens is 240 g/mol. The number of hydrogen-bond acceptors (Lipinski definition) is 7. The third-order valence-electron chi connectivity index (χ3n) is 1.89. The zero-order chi connectivity index (χ0) is 12.3. The minimum absolute atomic E-state index is 0.205. The molecule has 0 aliphatic rings. The van der Waals surface area contributed by atoms with Gasteiger partial charge in [-0.3, -0.25) is 10.1 Å². The van der Waals surface area contributed by atoms with Gasteiger partial charge in [0, 0.05) is 11.1 Å². The van der Waals surface area contributed by atoms with E-state index < -0.39 is 0 Å². The molecule has 0 unspecified atom stereocenters. The summed E-state index contributed by atoms with van der Waals surface area (Å²) in [4.78, 5) is 16.8. The second-order valence-electron chi connectivity index (χ2n) is 3.18. The maximum Gasteiger partial charge on any atom is 0.277 e. The van der Waals surface area contributed by atoms with Crippen molar-refractivity contribution in [3.05, 3.63) is 28.9 Å². The third kappa shape index (κ3) is 2.74. The molecule has 0 fully saturated rings. The van der Waals surface area contributed by atoms with Gasteiger partial charge in [0.1, 0.15) is 0 Å². The number of aryl methyl sites for hydroxylation is 1. The lowest BCUT2D eigenvalue weighted by atomic mass is 10.3. The molecule has 4 N–H and O–H groups in total. The Labute approximate surface area is 101 Å². The number of anilines is 2. The van der Waals surface area contributed by atoms with E-state index in [4.69, 9.17) is 5.84 Å². The van der Waals surface area contributed by atoms with Crippen LogP contribution in [0.3, 0.4) is 0 Å². The molecule has 1 amide bonds. The van der Waals surface area contributed by atoms with Crippen LogP contribution < -0.4 is 16.6 Å². The molecule has 7 nitrogen and oxygen atoms in total. The third-order valence-corrected chi connectivity index (χ3v) is 2.72. The molecule has 17 heavy (non-hydrogen) atoms. The molecule has 2 aromatic heterocycles. The summed E-state index contributed by atoms with van der Waals surface area (Å²) < 4.78 is 0. The number of hydrazine groups is 1. The fourth-order valence-corrected chi connectivity index (χ4v) is 1.76. The minimum Gasteiger partial charge on any atom is -0.307 e. The fraction of sp³-hybridized carbons (Fsp3) is 0.111. The molecule has 2 rings (SSSR count). The maximum absolute atomic E-state index is 11.7. The van der Waals surface area contributed by atoms with Crippen LogP contribution in [0.25, 0.3) is 0 Å². The van der Waals surface area contributed by atoms with Crippen molar-refractivity contribution < 1.29 is 4.79 Å². The van der Waals surface area contributed by atoms with E-state index in [1.807, 2.05) is 6.92 Å². The van der Waals surface area contributed by atoms with Gasteiger partial charge in [0.25, 0.3) is 5.91 Å². The van der Waals surface area contributed by atoms with Gasteiger partial charge in [-0.2, -0.15) is 0 Å². The van der Waals surface area contributed by atoms with Crippen LogP contribution in [0, 0.1) is 6.92 Å². The highest BCUT2D eigenvalue weighted by molar-refractivity contribution is 7.15. The van der Waals surface area contributed by atoms with Gasteiger partial charge >= 0.3 is 0 Å². The monoisotopic (exact) mass is 250 g/mol. The van der Waals surface area contributed by atoms with E-state index >= 15 is 0 Å². The van der Waals surface area contributed by atoms with Crippen LogP contribution in [0.2, 0.25) is 0 Å². The van der Waals surface area contributed by atoms with Crippen LogP contribution >= 0.6 is 11.3 Å². The first-order valence-corrected chi connectivity index (χ1v) is 5.55. The maximum atomic E-state index is 11.7. The molecule has 0 saturated carbocycles. The molecule has 0 aliphatic heterocycles. The molecule has 0 spiro atoms. The van der Waals surface area contributed by atoms with Gasteiger partial charge in [-0.1, -0.05) is 0 Å². The van der Waals surface area contributed by atoms with Gasteiger partial charge in [0.05, 0.1) is 0 Å². The molecule has 2 heterocycles. The number of aromatic nitrogens is 3. The number of rotatable bonds is 3. The Kier molecular flexibility index (Phi) is 3.26. The molecule has 0 aromatic carbocycles. The fourth-order valence-electron chi connectivity index (χ4n) is 1.10. The zero-order valence-corrected chi connectivity index (χ0v) is 9.78. The molecule has 0 bridgehead atoms. The Balaban J connectivity index is 2.09. The number of hydrogen-bond donors (Lipinski definition) is 3. The van der Waals surface area contributed by atoms with Gasteiger partial charge in [-0.05, 0) is 19.1 Å². The molecule has 0 radical (unpaired) electrons. The van der Waals surface area contributed by atoms with Crippen LogP contribution in [0.5, 0.6) is 0 Å². The average molecular weight is 250 g/mol. The number of thiazole rings is 1. The molecule has 88 valence electrons. The topological polar surface area (TPSA) is 106 Å². The first-order chi connectivity index (χ1) is 8.19. The number of nitrogens with zero attached hydrogens (tertiary/aromatic N) is 3. The quantitative estimate of drug-likeness (QED) is 0.549. The Morgan fingerprint density at radius 3 is 2.76 bits per heavy atom. The summed E-state index contributed by atoms with van der Waals surface area (Å²) in [7, 11) is 0. The van der Waals surface area contributed by atoms with Crippen molar-refractivity contribution in [2.45, 2.75) is 6.92 Å². The first-order valence-electron chi connectivity index (χ1n) is 4.73. The van der Waals surface area contributed by atoms with E-state index in [1.165, 1.54) is 17.4 Å². The number of nitrogen functional groups attached to an aromatic ring is 1. The van der Waals surface area contributed by atoms with Crippen LogP contribution in [0.4, 0.5) is 10.9 Å². The van der Waals surface area contributed by atoms with Gasteiger partial charge in [0.2, 0.25) is 0 Å². The van der Waals surface area contributed by atoms with E-state index in [2.05, 4.69) is 25.9 Å². The van der Waals surface area contributed by atoms with Crippen molar-refractivity contribution in [2.75, 3.05) is 10.7 Å². The summed E-state index contributed by atoms with van der Waals surface area (Å²) >= 11 is 1.39. The van der Waals surface area contributed by atoms with Crippen molar-refractivity contribution in [3.8, 4) is 0 Å². The summed E-state index contributed by atoms with van der Waals surface area (Å²) in [5.74, 6) is 5.18. The molecule has 0 aliphatic carbocycles. The molecular formula is C9H10N6OS. The Hall–Kier alpha value is -2.06. The summed E-state index contributed by atoms with van der Waals surface area (Å²) in [6, 6.07) is 3.09. The van der Waals surface area contributed by atoms with E-state index in [1.54, 1.807) is 12.3 Å². The molecule has 2 aromatic rings. The highest BCUT2D eigenvalue weighted by Gasteiger charge is 2.10. The Morgan fingerprint density at radius 1 is 1.41 bits per heavy atom. The van der Waals surface area contributed by atoms with Crippen molar-refractivity contribution in [2.24, 2.45) is 5.84 Å². The van der Waals surface area contributed by atoms with E-state index in [9.17, 15) is 4.79 Å². The summed E-state index contributed by atoms with van der Waals surface area (Å²) in [6.45, 7) is 1.91. The van der Waals surface area contributed by atoms with Crippen molar-refractivity contribution in [3.63, 3.8) is 0 Å². The lowest BCUT2D eigenvalue weighted by Gasteiger charge is -2.01. The number of nitrogens with one attached hydrogen (secondary N) is 2. The number of nitrogens with two attached hydrogens (primary N) is 1. The van der Waals surface area contributed by atoms with Crippen LogP contribution in [0.1, 0.15) is 15.4 Å². The summed E-state index contributed by atoms with van der Waals surface area (Å²) in [6.07, 6.45) is 1.69. The zero-order valence-electron chi connectivity index (χ0n) is 8.97. The molecule has 8 heteroatoms. The van der Waals surface area contributed by atoms with Gasteiger partial charge in [-0.15, -0.1) is 21.5 Å². The molecule has 0 atom stereocenters. The van der Waals surface area contributed by atoms with Gasteiger partial charge in [0.15, 0.2) is 16.6 Å². The summed E-state index contributed by atoms with van der Waals surface area (Å²) in [5, 5.41) is 10.6. The van der Waals surface area contributed by atoms with Crippen molar-refractivity contribution in [1.82, 2.24) is 15.2 Å². The van der Waals surface area contributed by atoms with Crippen molar-refractivity contribution >= 4 is 28.2 Å². The Bertz CT molecular complexity index is 523. The number of carbonyl (C=O) groups excluding carboxylic acids is 1. The van der Waals surface area contributed by atoms with Crippen LogP contribution in [-0.2, 0) is 0 Å². The predicted octanol–water partition coefficient (Wildman–Crippen LogP) is 0.779. The first kappa shape index (κ1) is 11.4. The van der Waals surface area contributed by atoms with E-state index in [-0.39, 0.29) is 11.6 Å². The second kappa shape index (κ2) is 4.85. The lowest BCUT2D eigenvalue weighted by Crippen LogP contribution is -2.15. The van der Waals surface area contributed by atoms with Crippen LogP contribution in [-0.4, -0.2) is 21.1 Å². The second-order valence-corrected chi connectivity index (χ2v) is 4.41. The Morgan fingerprint density at radius 2 is 2.24 bits per heavy atom. The highest BCUT2D eigenvalue weighted by Crippen LogP contribution is 2.17. The molecule has 0 saturated heterocycles. The summed E-state index contributed by atoms with van der Waals surface area (Å²) in [5.41, 5.74) is 2.54. The number of carbonyl (C=O) groups is 1. The van der Waals surface area contributed by atoms with E-state index in [0.29, 0.717) is 10.9 Å². The smallest absolute Gasteiger partial charge is 0.277 e. The normalized spacial score (nSPS) is 10.0. The van der Waals surface area contributed by atoms with Crippen LogP contribution in [0.15, 0.2) is 18.3 Å².